The Bertz CT molecular complexity index is 1150. The second-order valence-electron chi connectivity index (χ2n) is 9.58. The topological polar surface area (TPSA) is 91.8 Å². The van der Waals surface area contributed by atoms with Crippen molar-refractivity contribution in [3.63, 3.8) is 0 Å². The standard InChI is InChI=1S/C26H28F2N4O4/c27-21-7-1-4-17(23(21)28)14-22(33)31-11-8-18(9-12-31)26(19-5-2-10-29-15-19)24(34)32(25(35)30-26)16-20-6-3-13-36-20/h1-2,4-5,7,10,15,18,20H,3,6,8-9,11-14,16H2,(H,30,35)/t20-,26+/m1/s1. The molecular formula is C26H28F2N4O4. The Kier molecular flexibility index (Phi) is 6.70. The number of amides is 4. The molecule has 0 saturated carbocycles. The molecule has 1 aromatic carbocycles. The Balaban J connectivity index is 1.33. The molecule has 3 fully saturated rings. The maximum absolute atomic E-state index is 14.1. The number of hydrogen-bond acceptors (Lipinski definition) is 5. The Morgan fingerprint density at radius 1 is 1.14 bits per heavy atom. The zero-order valence-electron chi connectivity index (χ0n) is 19.8. The second-order valence-corrected chi connectivity index (χ2v) is 9.58. The number of urea groups is 1. The van der Waals surface area contributed by atoms with Gasteiger partial charge in [0.05, 0.1) is 19.1 Å². The van der Waals surface area contributed by atoms with E-state index in [2.05, 4.69) is 10.3 Å². The molecule has 0 aliphatic carbocycles. The van der Waals surface area contributed by atoms with Crippen LogP contribution >= 0.6 is 0 Å². The molecule has 4 heterocycles. The summed E-state index contributed by atoms with van der Waals surface area (Å²) in [5, 5.41) is 2.97. The SMILES string of the molecule is O=C(Cc1cccc(F)c1F)N1CCC([C@@]2(c3cccnc3)NC(=O)N(C[C@H]3CCCO3)C2=O)CC1. The van der Waals surface area contributed by atoms with Gasteiger partial charge in [0.25, 0.3) is 5.91 Å². The number of rotatable bonds is 6. The number of carbonyl (C=O) groups is 3. The molecule has 8 nitrogen and oxygen atoms in total. The van der Waals surface area contributed by atoms with Crippen LogP contribution in [0.15, 0.2) is 42.7 Å². The van der Waals surface area contributed by atoms with E-state index in [1.165, 1.54) is 17.0 Å². The van der Waals surface area contributed by atoms with E-state index < -0.39 is 23.2 Å². The van der Waals surface area contributed by atoms with Gasteiger partial charge in [0.1, 0.15) is 0 Å². The Hall–Kier alpha value is -3.40. The van der Waals surface area contributed by atoms with Crippen LogP contribution in [0.3, 0.4) is 0 Å². The lowest BCUT2D eigenvalue weighted by Crippen LogP contribution is -2.54. The number of nitrogens with one attached hydrogen (secondary N) is 1. The highest BCUT2D eigenvalue weighted by Gasteiger charge is 2.57. The van der Waals surface area contributed by atoms with Gasteiger partial charge in [0.15, 0.2) is 17.2 Å². The molecule has 0 radical (unpaired) electrons. The molecule has 2 atom stereocenters. The fraction of sp³-hybridized carbons (Fsp3) is 0.462. The minimum atomic E-state index is -1.28. The lowest BCUT2D eigenvalue weighted by molar-refractivity contribution is -0.137. The van der Waals surface area contributed by atoms with Gasteiger partial charge in [0.2, 0.25) is 5.91 Å². The molecule has 3 aliphatic rings. The van der Waals surface area contributed by atoms with Crippen molar-refractivity contribution in [1.29, 1.82) is 0 Å². The van der Waals surface area contributed by atoms with Crippen LogP contribution in [0.2, 0.25) is 0 Å². The average molecular weight is 499 g/mol. The summed E-state index contributed by atoms with van der Waals surface area (Å²) < 4.78 is 33.3. The van der Waals surface area contributed by atoms with E-state index in [-0.39, 0.29) is 42.4 Å². The van der Waals surface area contributed by atoms with Gasteiger partial charge in [-0.15, -0.1) is 0 Å². The van der Waals surface area contributed by atoms with Crippen molar-refractivity contribution in [2.75, 3.05) is 26.2 Å². The molecule has 3 saturated heterocycles. The molecule has 4 amide bonds. The molecule has 0 bridgehead atoms. The fourth-order valence-electron chi connectivity index (χ4n) is 5.58. The highest BCUT2D eigenvalue weighted by Crippen LogP contribution is 2.41. The number of halogens is 2. The van der Waals surface area contributed by atoms with Crippen LogP contribution in [0.25, 0.3) is 0 Å². The molecule has 3 aliphatic heterocycles. The number of imide groups is 1. The van der Waals surface area contributed by atoms with Crippen molar-refractivity contribution in [3.8, 4) is 0 Å². The Morgan fingerprint density at radius 2 is 1.94 bits per heavy atom. The van der Waals surface area contributed by atoms with Crippen LogP contribution in [0, 0.1) is 17.6 Å². The van der Waals surface area contributed by atoms with E-state index in [1.54, 1.807) is 29.4 Å². The summed E-state index contributed by atoms with van der Waals surface area (Å²) in [6.07, 6.45) is 5.38. The lowest BCUT2D eigenvalue weighted by atomic mass is 9.73. The van der Waals surface area contributed by atoms with Gasteiger partial charge >= 0.3 is 6.03 Å². The number of likely N-dealkylation sites (tertiary alicyclic amines) is 1. The smallest absolute Gasteiger partial charge is 0.325 e. The molecule has 0 unspecified atom stereocenters. The first kappa shape index (κ1) is 24.3. The summed E-state index contributed by atoms with van der Waals surface area (Å²) >= 11 is 0. The summed E-state index contributed by atoms with van der Waals surface area (Å²) in [4.78, 5) is 46.7. The number of hydrogen-bond donors (Lipinski definition) is 1. The van der Waals surface area contributed by atoms with E-state index in [9.17, 15) is 23.2 Å². The monoisotopic (exact) mass is 498 g/mol. The molecular weight excluding hydrogens is 470 g/mol. The Morgan fingerprint density at radius 3 is 2.64 bits per heavy atom. The third kappa shape index (κ3) is 4.34. The minimum Gasteiger partial charge on any atom is -0.376 e. The summed E-state index contributed by atoms with van der Waals surface area (Å²) in [5.74, 6) is -2.91. The molecule has 5 rings (SSSR count). The zero-order valence-corrected chi connectivity index (χ0v) is 19.8. The molecule has 0 spiro atoms. The lowest BCUT2D eigenvalue weighted by Gasteiger charge is -2.41. The largest absolute Gasteiger partial charge is 0.376 e. The van der Waals surface area contributed by atoms with E-state index in [0.717, 1.165) is 18.9 Å². The van der Waals surface area contributed by atoms with Crippen molar-refractivity contribution < 1.29 is 27.9 Å². The number of aromatic nitrogens is 1. The van der Waals surface area contributed by atoms with Crippen LogP contribution < -0.4 is 5.32 Å². The summed E-state index contributed by atoms with van der Waals surface area (Å²) in [5.41, 5.74) is -0.671. The normalized spacial score (nSPS) is 24.9. The third-order valence-electron chi connectivity index (χ3n) is 7.49. The predicted molar refractivity (Wildman–Crippen MR) is 124 cm³/mol. The fourth-order valence-corrected chi connectivity index (χ4v) is 5.58. The molecule has 190 valence electrons. The van der Waals surface area contributed by atoms with Crippen molar-refractivity contribution in [1.82, 2.24) is 20.1 Å². The average Bonchev–Trinajstić information content (AvgIpc) is 3.50. The molecule has 2 aromatic rings. The van der Waals surface area contributed by atoms with Crippen LogP contribution in [0.5, 0.6) is 0 Å². The van der Waals surface area contributed by atoms with Gasteiger partial charge in [-0.25, -0.2) is 13.6 Å². The molecule has 36 heavy (non-hydrogen) atoms. The number of piperidine rings is 1. The van der Waals surface area contributed by atoms with E-state index in [4.69, 9.17) is 4.74 Å². The van der Waals surface area contributed by atoms with Crippen LogP contribution in [0.1, 0.15) is 36.8 Å². The number of nitrogens with zero attached hydrogens (tertiary/aromatic N) is 3. The van der Waals surface area contributed by atoms with E-state index >= 15 is 0 Å². The zero-order chi connectivity index (χ0) is 25.3. The first-order valence-corrected chi connectivity index (χ1v) is 12.3. The molecule has 10 heteroatoms. The van der Waals surface area contributed by atoms with Gasteiger partial charge in [-0.1, -0.05) is 18.2 Å². The first-order chi connectivity index (χ1) is 17.4. The quantitative estimate of drug-likeness (QED) is 0.619. The Labute approximate surface area is 207 Å². The molecule has 1 aromatic heterocycles. The third-order valence-corrected chi connectivity index (χ3v) is 7.49. The first-order valence-electron chi connectivity index (χ1n) is 12.3. The number of benzene rings is 1. The van der Waals surface area contributed by atoms with Crippen LogP contribution in [-0.2, 0) is 26.3 Å². The molecule has 1 N–H and O–H groups in total. The van der Waals surface area contributed by atoms with Crippen LogP contribution in [-0.4, -0.2) is 65.0 Å². The van der Waals surface area contributed by atoms with Gasteiger partial charge in [0, 0.05) is 43.2 Å². The number of pyridine rings is 1. The maximum atomic E-state index is 14.1. The number of ether oxygens (including phenoxy) is 1. The van der Waals surface area contributed by atoms with Crippen molar-refractivity contribution in [2.45, 2.75) is 43.7 Å². The number of carbonyl (C=O) groups excluding carboxylic acids is 3. The van der Waals surface area contributed by atoms with Gasteiger partial charge in [-0.05, 0) is 43.7 Å². The highest BCUT2D eigenvalue weighted by atomic mass is 19.2. The summed E-state index contributed by atoms with van der Waals surface area (Å²) in [6.45, 7) is 1.48. The van der Waals surface area contributed by atoms with Crippen molar-refractivity contribution in [2.24, 2.45) is 5.92 Å². The maximum Gasteiger partial charge on any atom is 0.325 e. The minimum absolute atomic E-state index is 0.0111. The van der Waals surface area contributed by atoms with Crippen molar-refractivity contribution in [3.05, 3.63) is 65.5 Å². The second kappa shape index (κ2) is 9.93. The predicted octanol–water partition coefficient (Wildman–Crippen LogP) is 2.77. The summed E-state index contributed by atoms with van der Waals surface area (Å²) in [7, 11) is 0. The van der Waals surface area contributed by atoms with Gasteiger partial charge in [-0.2, -0.15) is 0 Å². The summed E-state index contributed by atoms with van der Waals surface area (Å²) in [6, 6.07) is 6.84. The van der Waals surface area contributed by atoms with E-state index in [1.807, 2.05) is 0 Å². The van der Waals surface area contributed by atoms with Crippen LogP contribution in [0.4, 0.5) is 13.6 Å². The van der Waals surface area contributed by atoms with Gasteiger partial charge < -0.3 is 15.0 Å². The highest BCUT2D eigenvalue weighted by molar-refractivity contribution is 6.07. The van der Waals surface area contributed by atoms with E-state index in [0.29, 0.717) is 38.1 Å². The van der Waals surface area contributed by atoms with Crippen molar-refractivity contribution >= 4 is 17.8 Å². The van der Waals surface area contributed by atoms with Gasteiger partial charge in [-0.3, -0.25) is 19.5 Å².